The number of ether oxygens (including phenoxy) is 2. The number of amides is 2. The SMILES string of the molecule is CCOC(=O)N1CCN(C(=O)CSc2nccn2-c2cccc(OC)c2)CC1. The van der Waals surface area contributed by atoms with E-state index in [2.05, 4.69) is 4.98 Å². The molecule has 0 aliphatic carbocycles. The summed E-state index contributed by atoms with van der Waals surface area (Å²) in [5.41, 5.74) is 0.926. The number of benzene rings is 1. The van der Waals surface area contributed by atoms with Crippen molar-refractivity contribution in [2.45, 2.75) is 12.1 Å². The number of methoxy groups -OCH3 is 1. The maximum atomic E-state index is 12.6. The van der Waals surface area contributed by atoms with Gasteiger partial charge in [-0.1, -0.05) is 17.8 Å². The fraction of sp³-hybridized carbons (Fsp3) is 0.421. The van der Waals surface area contributed by atoms with E-state index in [0.29, 0.717) is 38.5 Å². The minimum atomic E-state index is -0.315. The second-order valence-corrected chi connectivity index (χ2v) is 7.08. The van der Waals surface area contributed by atoms with Crippen molar-refractivity contribution in [3.05, 3.63) is 36.7 Å². The van der Waals surface area contributed by atoms with Crippen LogP contribution in [-0.4, -0.2) is 77.0 Å². The van der Waals surface area contributed by atoms with Gasteiger partial charge in [-0.25, -0.2) is 9.78 Å². The molecule has 2 amide bonds. The van der Waals surface area contributed by atoms with Crippen LogP contribution >= 0.6 is 11.8 Å². The highest BCUT2D eigenvalue weighted by Crippen LogP contribution is 2.23. The zero-order valence-corrected chi connectivity index (χ0v) is 16.9. The van der Waals surface area contributed by atoms with Gasteiger partial charge in [-0.2, -0.15) is 0 Å². The van der Waals surface area contributed by atoms with Crippen LogP contribution in [0.15, 0.2) is 41.8 Å². The molecule has 0 radical (unpaired) electrons. The Morgan fingerprint density at radius 1 is 1.18 bits per heavy atom. The molecule has 0 saturated carbocycles. The lowest BCUT2D eigenvalue weighted by molar-refractivity contribution is -0.129. The highest BCUT2D eigenvalue weighted by atomic mass is 32.2. The van der Waals surface area contributed by atoms with Crippen molar-refractivity contribution in [1.82, 2.24) is 19.4 Å². The van der Waals surface area contributed by atoms with E-state index < -0.39 is 0 Å². The van der Waals surface area contributed by atoms with Gasteiger partial charge in [0.05, 0.1) is 25.2 Å². The average Bonchev–Trinajstić information content (AvgIpc) is 3.21. The smallest absolute Gasteiger partial charge is 0.409 e. The molecular weight excluding hydrogens is 380 g/mol. The molecule has 3 rings (SSSR count). The minimum Gasteiger partial charge on any atom is -0.497 e. The first-order valence-corrected chi connectivity index (χ1v) is 10.1. The van der Waals surface area contributed by atoms with Crippen LogP contribution in [0, 0.1) is 0 Å². The normalized spacial score (nSPS) is 14.1. The molecule has 8 nitrogen and oxygen atoms in total. The van der Waals surface area contributed by atoms with Crippen molar-refractivity contribution in [2.75, 3.05) is 45.6 Å². The van der Waals surface area contributed by atoms with Gasteiger partial charge in [0.1, 0.15) is 5.75 Å². The van der Waals surface area contributed by atoms with E-state index in [0.717, 1.165) is 16.6 Å². The molecule has 1 fully saturated rings. The lowest BCUT2D eigenvalue weighted by atomic mass is 10.3. The van der Waals surface area contributed by atoms with E-state index in [-0.39, 0.29) is 12.0 Å². The highest BCUT2D eigenvalue weighted by molar-refractivity contribution is 7.99. The number of nitrogens with zero attached hydrogens (tertiary/aromatic N) is 4. The summed E-state index contributed by atoms with van der Waals surface area (Å²) in [6, 6.07) is 7.68. The largest absolute Gasteiger partial charge is 0.497 e. The number of piperazine rings is 1. The third-order valence-electron chi connectivity index (χ3n) is 4.42. The van der Waals surface area contributed by atoms with Gasteiger partial charge in [-0.3, -0.25) is 9.36 Å². The summed E-state index contributed by atoms with van der Waals surface area (Å²) in [4.78, 5) is 32.1. The molecule has 28 heavy (non-hydrogen) atoms. The quantitative estimate of drug-likeness (QED) is 0.688. The molecule has 0 N–H and O–H groups in total. The molecule has 150 valence electrons. The van der Waals surface area contributed by atoms with Crippen molar-refractivity contribution in [2.24, 2.45) is 0 Å². The monoisotopic (exact) mass is 404 g/mol. The fourth-order valence-electron chi connectivity index (χ4n) is 2.92. The second-order valence-electron chi connectivity index (χ2n) is 6.14. The van der Waals surface area contributed by atoms with Crippen molar-refractivity contribution >= 4 is 23.8 Å². The first-order valence-electron chi connectivity index (χ1n) is 9.12. The summed E-state index contributed by atoms with van der Waals surface area (Å²) >= 11 is 1.39. The van der Waals surface area contributed by atoms with Gasteiger partial charge in [0.2, 0.25) is 5.91 Å². The molecule has 1 aromatic heterocycles. The predicted molar refractivity (Wildman–Crippen MR) is 106 cm³/mol. The molecule has 0 atom stereocenters. The number of carbonyl (C=O) groups is 2. The molecule has 0 unspecified atom stereocenters. The van der Waals surface area contributed by atoms with Crippen LogP contribution in [0.5, 0.6) is 5.75 Å². The highest BCUT2D eigenvalue weighted by Gasteiger charge is 2.25. The topological polar surface area (TPSA) is 76.9 Å². The standard InChI is InChI=1S/C19H24N4O4S/c1-3-27-19(25)22-11-9-21(10-12-22)17(24)14-28-18-20-7-8-23(18)15-5-4-6-16(13-15)26-2/h4-8,13H,3,9-12,14H2,1-2H3. The Hall–Kier alpha value is -2.68. The zero-order chi connectivity index (χ0) is 19.9. The Morgan fingerprint density at radius 3 is 2.64 bits per heavy atom. The Morgan fingerprint density at radius 2 is 1.93 bits per heavy atom. The van der Waals surface area contributed by atoms with E-state index in [9.17, 15) is 9.59 Å². The maximum absolute atomic E-state index is 12.6. The van der Waals surface area contributed by atoms with Crippen LogP contribution in [-0.2, 0) is 9.53 Å². The number of imidazole rings is 1. The lowest BCUT2D eigenvalue weighted by Crippen LogP contribution is -2.51. The third-order valence-corrected chi connectivity index (χ3v) is 5.37. The molecule has 0 bridgehead atoms. The number of hydrogen-bond acceptors (Lipinski definition) is 6. The van der Waals surface area contributed by atoms with Gasteiger partial charge in [-0.15, -0.1) is 0 Å². The van der Waals surface area contributed by atoms with Gasteiger partial charge in [0, 0.05) is 44.6 Å². The van der Waals surface area contributed by atoms with E-state index in [1.165, 1.54) is 11.8 Å². The molecule has 1 saturated heterocycles. The second kappa shape index (κ2) is 9.50. The summed E-state index contributed by atoms with van der Waals surface area (Å²) < 4.78 is 12.2. The van der Waals surface area contributed by atoms with Gasteiger partial charge in [-0.05, 0) is 19.1 Å². The minimum absolute atomic E-state index is 0.0358. The first kappa shape index (κ1) is 20.1. The number of carbonyl (C=O) groups excluding carboxylic acids is 2. The Bertz CT molecular complexity index is 818. The molecule has 1 aromatic carbocycles. The van der Waals surface area contributed by atoms with E-state index >= 15 is 0 Å². The van der Waals surface area contributed by atoms with Crippen LogP contribution in [0.4, 0.5) is 4.79 Å². The zero-order valence-electron chi connectivity index (χ0n) is 16.0. The van der Waals surface area contributed by atoms with E-state index in [1.807, 2.05) is 35.0 Å². The van der Waals surface area contributed by atoms with Gasteiger partial charge < -0.3 is 19.3 Å². The van der Waals surface area contributed by atoms with Crippen molar-refractivity contribution in [1.29, 1.82) is 0 Å². The van der Waals surface area contributed by atoms with Crippen LogP contribution in [0.2, 0.25) is 0 Å². The lowest BCUT2D eigenvalue weighted by Gasteiger charge is -2.34. The Balaban J connectivity index is 1.55. The molecule has 1 aliphatic heterocycles. The number of rotatable bonds is 6. The van der Waals surface area contributed by atoms with Gasteiger partial charge in [0.15, 0.2) is 5.16 Å². The molecular formula is C19H24N4O4S. The fourth-order valence-corrected chi connectivity index (χ4v) is 3.80. The summed E-state index contributed by atoms with van der Waals surface area (Å²) in [7, 11) is 1.63. The van der Waals surface area contributed by atoms with Crippen molar-refractivity contribution < 1.29 is 19.1 Å². The first-order chi connectivity index (χ1) is 13.6. The molecule has 1 aliphatic rings. The maximum Gasteiger partial charge on any atom is 0.409 e. The van der Waals surface area contributed by atoms with E-state index in [1.54, 1.807) is 30.0 Å². The Labute approximate surface area is 168 Å². The van der Waals surface area contributed by atoms with Crippen LogP contribution in [0.1, 0.15) is 6.92 Å². The number of aromatic nitrogens is 2. The van der Waals surface area contributed by atoms with Crippen LogP contribution < -0.4 is 4.74 Å². The third kappa shape index (κ3) is 4.78. The van der Waals surface area contributed by atoms with E-state index in [4.69, 9.17) is 9.47 Å². The van der Waals surface area contributed by atoms with Crippen molar-refractivity contribution in [3.8, 4) is 11.4 Å². The van der Waals surface area contributed by atoms with Crippen LogP contribution in [0.3, 0.4) is 0 Å². The van der Waals surface area contributed by atoms with Gasteiger partial charge in [0.25, 0.3) is 0 Å². The van der Waals surface area contributed by atoms with Crippen molar-refractivity contribution in [3.63, 3.8) is 0 Å². The molecule has 9 heteroatoms. The van der Waals surface area contributed by atoms with Crippen LogP contribution in [0.25, 0.3) is 5.69 Å². The predicted octanol–water partition coefficient (Wildman–Crippen LogP) is 2.27. The summed E-state index contributed by atoms with van der Waals surface area (Å²) in [6.07, 6.45) is 3.26. The number of hydrogen-bond donors (Lipinski definition) is 0. The Kier molecular flexibility index (Phi) is 6.80. The van der Waals surface area contributed by atoms with Gasteiger partial charge >= 0.3 is 6.09 Å². The summed E-state index contributed by atoms with van der Waals surface area (Å²) in [6.45, 7) is 4.16. The summed E-state index contributed by atoms with van der Waals surface area (Å²) in [5.74, 6) is 1.09. The molecule has 2 heterocycles. The number of thioether (sulfide) groups is 1. The molecule has 2 aromatic rings. The average molecular weight is 404 g/mol. The molecule has 0 spiro atoms. The summed E-state index contributed by atoms with van der Waals surface area (Å²) in [5, 5.41) is 0.742.